The SMILES string of the molecule is Cn1cc([C@@H]2N(C(=O)C3(CO)CCOCC3)CC[C@]23C(=O)Nc2ccccc23)cn1. The lowest BCUT2D eigenvalue weighted by Crippen LogP contribution is -2.51. The molecule has 0 aliphatic carbocycles. The molecule has 158 valence electrons. The highest BCUT2D eigenvalue weighted by Gasteiger charge is 2.61. The first kappa shape index (κ1) is 19.3. The van der Waals surface area contributed by atoms with E-state index in [-0.39, 0.29) is 18.4 Å². The fourth-order valence-electron chi connectivity index (χ4n) is 5.46. The molecular weight excluding hydrogens is 384 g/mol. The predicted molar refractivity (Wildman–Crippen MR) is 109 cm³/mol. The van der Waals surface area contributed by atoms with Crippen LogP contribution in [0, 0.1) is 5.41 Å². The Bertz CT molecular complexity index is 997. The van der Waals surface area contributed by atoms with Gasteiger partial charge in [-0.05, 0) is 30.9 Å². The molecule has 3 aliphatic heterocycles. The van der Waals surface area contributed by atoms with Gasteiger partial charge in [-0.25, -0.2) is 0 Å². The number of rotatable bonds is 3. The van der Waals surface area contributed by atoms with Gasteiger partial charge in [0.15, 0.2) is 0 Å². The molecule has 4 heterocycles. The minimum Gasteiger partial charge on any atom is -0.395 e. The molecule has 0 saturated carbocycles. The van der Waals surface area contributed by atoms with Gasteiger partial charge in [0.2, 0.25) is 11.8 Å². The Balaban J connectivity index is 1.63. The third-order valence-electron chi connectivity index (χ3n) is 7.09. The number of likely N-dealkylation sites (tertiary alicyclic amines) is 1. The van der Waals surface area contributed by atoms with Crippen LogP contribution in [-0.4, -0.2) is 58.0 Å². The van der Waals surface area contributed by atoms with Crippen molar-refractivity contribution < 1.29 is 19.4 Å². The minimum atomic E-state index is -0.864. The number of hydrogen-bond donors (Lipinski definition) is 2. The van der Waals surface area contributed by atoms with Gasteiger partial charge in [0.25, 0.3) is 0 Å². The number of anilines is 1. The smallest absolute Gasteiger partial charge is 0.237 e. The van der Waals surface area contributed by atoms with Crippen molar-refractivity contribution in [2.75, 3.05) is 31.7 Å². The molecule has 2 fully saturated rings. The number of amides is 2. The molecule has 0 radical (unpaired) electrons. The van der Waals surface area contributed by atoms with Crippen molar-refractivity contribution in [1.82, 2.24) is 14.7 Å². The van der Waals surface area contributed by atoms with Gasteiger partial charge in [-0.15, -0.1) is 0 Å². The molecular formula is C22H26N4O4. The standard InChI is InChI=1S/C22H26N4O4/c1-25-13-15(12-23-25)18-22(16-4-2-3-5-17(16)24-19(22)28)6-9-26(18)20(29)21(14-27)7-10-30-11-8-21/h2-5,12-13,18,27H,6-11,14H2,1H3,(H,24,28)/t18-,22+/m0/s1. The summed E-state index contributed by atoms with van der Waals surface area (Å²) in [6.07, 6.45) is 5.10. The van der Waals surface area contributed by atoms with E-state index >= 15 is 0 Å². The summed E-state index contributed by atoms with van der Waals surface area (Å²) in [6, 6.07) is 7.23. The van der Waals surface area contributed by atoms with Gasteiger partial charge in [0, 0.05) is 44.3 Å². The average Bonchev–Trinajstić information content (AvgIpc) is 3.45. The van der Waals surface area contributed by atoms with Crippen LogP contribution in [0.5, 0.6) is 0 Å². The van der Waals surface area contributed by atoms with E-state index in [1.54, 1.807) is 15.8 Å². The number of aliphatic hydroxyl groups excluding tert-OH is 1. The second-order valence-electron chi connectivity index (χ2n) is 8.62. The number of aliphatic hydroxyl groups is 1. The maximum absolute atomic E-state index is 13.9. The van der Waals surface area contributed by atoms with E-state index in [1.807, 2.05) is 37.5 Å². The second kappa shape index (κ2) is 6.92. The fraction of sp³-hybridized carbons (Fsp3) is 0.500. The number of carbonyl (C=O) groups is 2. The lowest BCUT2D eigenvalue weighted by atomic mass is 9.72. The summed E-state index contributed by atoms with van der Waals surface area (Å²) in [6.45, 7) is 1.13. The van der Waals surface area contributed by atoms with E-state index in [2.05, 4.69) is 10.4 Å². The Hall–Kier alpha value is -2.71. The van der Waals surface area contributed by atoms with E-state index in [4.69, 9.17) is 4.74 Å². The Morgan fingerprint density at radius 3 is 2.77 bits per heavy atom. The summed E-state index contributed by atoms with van der Waals surface area (Å²) in [5.41, 5.74) is 0.823. The Labute approximate surface area is 174 Å². The topological polar surface area (TPSA) is 96.7 Å². The van der Waals surface area contributed by atoms with Gasteiger partial charge in [-0.1, -0.05) is 18.2 Å². The molecule has 1 spiro atoms. The van der Waals surface area contributed by atoms with Gasteiger partial charge in [-0.3, -0.25) is 14.3 Å². The Kier molecular flexibility index (Phi) is 4.44. The number of ether oxygens (including phenoxy) is 1. The van der Waals surface area contributed by atoms with Crippen molar-refractivity contribution in [3.63, 3.8) is 0 Å². The van der Waals surface area contributed by atoms with Gasteiger partial charge >= 0.3 is 0 Å². The lowest BCUT2D eigenvalue weighted by molar-refractivity contribution is -0.153. The molecule has 2 N–H and O–H groups in total. The van der Waals surface area contributed by atoms with Gasteiger partial charge < -0.3 is 20.1 Å². The van der Waals surface area contributed by atoms with Crippen LogP contribution in [0.1, 0.15) is 36.4 Å². The zero-order valence-electron chi connectivity index (χ0n) is 17.0. The first-order chi connectivity index (χ1) is 14.5. The predicted octanol–water partition coefficient (Wildman–Crippen LogP) is 1.37. The summed E-state index contributed by atoms with van der Waals surface area (Å²) < 4.78 is 7.15. The van der Waals surface area contributed by atoms with Crippen molar-refractivity contribution in [2.45, 2.75) is 30.7 Å². The molecule has 2 saturated heterocycles. The number of nitrogens with one attached hydrogen (secondary N) is 1. The summed E-state index contributed by atoms with van der Waals surface area (Å²) in [7, 11) is 1.83. The van der Waals surface area contributed by atoms with Crippen LogP contribution in [0.25, 0.3) is 0 Å². The van der Waals surface area contributed by atoms with Crippen LogP contribution in [0.3, 0.4) is 0 Å². The molecule has 2 aromatic rings. The number of carbonyl (C=O) groups excluding carboxylic acids is 2. The van der Waals surface area contributed by atoms with Gasteiger partial charge in [0.05, 0.1) is 24.3 Å². The third-order valence-corrected chi connectivity index (χ3v) is 7.09. The zero-order valence-corrected chi connectivity index (χ0v) is 17.0. The molecule has 5 rings (SSSR count). The van der Waals surface area contributed by atoms with E-state index in [9.17, 15) is 14.7 Å². The van der Waals surface area contributed by atoms with E-state index in [0.717, 1.165) is 16.8 Å². The summed E-state index contributed by atoms with van der Waals surface area (Å²) in [5, 5.41) is 17.5. The number of aryl methyl sites for hydroxylation is 1. The Morgan fingerprint density at radius 2 is 2.07 bits per heavy atom. The lowest BCUT2D eigenvalue weighted by Gasteiger charge is -2.41. The highest BCUT2D eigenvalue weighted by atomic mass is 16.5. The van der Waals surface area contributed by atoms with Crippen molar-refractivity contribution in [3.8, 4) is 0 Å². The minimum absolute atomic E-state index is 0.0853. The monoisotopic (exact) mass is 410 g/mol. The van der Waals surface area contributed by atoms with Crippen LogP contribution in [0.2, 0.25) is 0 Å². The summed E-state index contributed by atoms with van der Waals surface area (Å²) >= 11 is 0. The number of aromatic nitrogens is 2. The summed E-state index contributed by atoms with van der Waals surface area (Å²) in [5.74, 6) is -0.186. The average molecular weight is 410 g/mol. The number of para-hydroxylation sites is 1. The first-order valence-corrected chi connectivity index (χ1v) is 10.4. The van der Waals surface area contributed by atoms with Crippen LogP contribution < -0.4 is 5.32 Å². The van der Waals surface area contributed by atoms with Crippen molar-refractivity contribution in [3.05, 3.63) is 47.8 Å². The van der Waals surface area contributed by atoms with Gasteiger partial charge in [-0.2, -0.15) is 5.10 Å². The molecule has 30 heavy (non-hydrogen) atoms. The van der Waals surface area contributed by atoms with Gasteiger partial charge in [0.1, 0.15) is 5.41 Å². The molecule has 2 amide bonds. The van der Waals surface area contributed by atoms with Crippen LogP contribution in [0.15, 0.2) is 36.7 Å². The summed E-state index contributed by atoms with van der Waals surface area (Å²) in [4.78, 5) is 29.1. The Morgan fingerprint density at radius 1 is 1.30 bits per heavy atom. The van der Waals surface area contributed by atoms with Crippen molar-refractivity contribution >= 4 is 17.5 Å². The molecule has 0 bridgehead atoms. The van der Waals surface area contributed by atoms with Crippen molar-refractivity contribution in [1.29, 1.82) is 0 Å². The van der Waals surface area contributed by atoms with Crippen molar-refractivity contribution in [2.24, 2.45) is 12.5 Å². The number of benzene rings is 1. The number of hydrogen-bond acceptors (Lipinski definition) is 5. The van der Waals surface area contributed by atoms with E-state index < -0.39 is 16.9 Å². The quantitative estimate of drug-likeness (QED) is 0.797. The molecule has 1 aromatic carbocycles. The number of fused-ring (bicyclic) bond motifs is 2. The highest BCUT2D eigenvalue weighted by Crippen LogP contribution is 2.55. The van der Waals surface area contributed by atoms with Crippen LogP contribution in [-0.2, 0) is 26.8 Å². The molecule has 0 unspecified atom stereocenters. The highest BCUT2D eigenvalue weighted by molar-refractivity contribution is 6.07. The molecule has 1 aromatic heterocycles. The zero-order chi connectivity index (χ0) is 20.9. The maximum Gasteiger partial charge on any atom is 0.237 e. The fourth-order valence-corrected chi connectivity index (χ4v) is 5.46. The molecule has 8 heteroatoms. The third kappa shape index (κ3) is 2.56. The first-order valence-electron chi connectivity index (χ1n) is 10.4. The maximum atomic E-state index is 13.9. The largest absolute Gasteiger partial charge is 0.395 e. The van der Waals surface area contributed by atoms with Crippen LogP contribution >= 0.6 is 0 Å². The normalized spacial score (nSPS) is 27.3. The molecule has 3 aliphatic rings. The van der Waals surface area contributed by atoms with E-state index in [0.29, 0.717) is 39.0 Å². The van der Waals surface area contributed by atoms with Crippen LogP contribution in [0.4, 0.5) is 5.69 Å². The molecule has 8 nitrogen and oxygen atoms in total. The second-order valence-corrected chi connectivity index (χ2v) is 8.62. The molecule has 2 atom stereocenters. The van der Waals surface area contributed by atoms with E-state index in [1.165, 1.54) is 0 Å². The number of nitrogens with zero attached hydrogens (tertiary/aromatic N) is 3.